The van der Waals surface area contributed by atoms with Crippen molar-refractivity contribution in [1.82, 2.24) is 19.6 Å². The van der Waals surface area contributed by atoms with Gasteiger partial charge in [-0.25, -0.2) is 9.59 Å². The van der Waals surface area contributed by atoms with Gasteiger partial charge < -0.3 is 34.4 Å². The lowest BCUT2D eigenvalue weighted by atomic mass is 10.0. The summed E-state index contributed by atoms with van der Waals surface area (Å²) in [5.74, 6) is 0.0144. The zero-order valence-electron chi connectivity index (χ0n) is 32.8. The van der Waals surface area contributed by atoms with Gasteiger partial charge in [0.15, 0.2) is 0 Å². The third-order valence-electron chi connectivity index (χ3n) is 9.30. The van der Waals surface area contributed by atoms with Gasteiger partial charge in [-0.1, -0.05) is 48.5 Å². The van der Waals surface area contributed by atoms with E-state index in [1.807, 2.05) is 94.5 Å². The fourth-order valence-corrected chi connectivity index (χ4v) is 6.11. The van der Waals surface area contributed by atoms with Crippen LogP contribution in [0, 0.1) is 0 Å². The lowest BCUT2D eigenvalue weighted by Crippen LogP contribution is -2.42. The first-order chi connectivity index (χ1) is 25.8. The molecule has 1 aliphatic heterocycles. The summed E-state index contributed by atoms with van der Waals surface area (Å²) in [5, 5.41) is 6.27. The van der Waals surface area contributed by atoms with Crippen molar-refractivity contribution in [3.63, 3.8) is 0 Å². The molecule has 4 rings (SSSR count). The van der Waals surface area contributed by atoms with E-state index in [1.165, 1.54) is 4.90 Å². The van der Waals surface area contributed by atoms with Gasteiger partial charge in [0.1, 0.15) is 11.7 Å². The van der Waals surface area contributed by atoms with E-state index < -0.39 is 11.7 Å². The van der Waals surface area contributed by atoms with E-state index in [-0.39, 0.29) is 24.0 Å². The number of carbonyl (C=O) groups is 4. The second-order valence-corrected chi connectivity index (χ2v) is 14.9. The van der Waals surface area contributed by atoms with E-state index in [1.54, 1.807) is 36.0 Å². The van der Waals surface area contributed by atoms with Crippen molar-refractivity contribution in [3.05, 3.63) is 84.4 Å². The van der Waals surface area contributed by atoms with Crippen LogP contribution >= 0.6 is 0 Å². The van der Waals surface area contributed by atoms with E-state index >= 15 is 0 Å². The van der Waals surface area contributed by atoms with Crippen LogP contribution in [-0.2, 0) is 14.3 Å². The number of likely N-dealkylation sites (tertiary alicyclic amines) is 1. The molecule has 12 heteroatoms. The van der Waals surface area contributed by atoms with Gasteiger partial charge in [-0.05, 0) is 82.3 Å². The molecule has 4 amide bonds. The number of anilines is 2. The maximum absolute atomic E-state index is 12.9. The Balaban J connectivity index is 1.07. The van der Waals surface area contributed by atoms with Crippen LogP contribution in [0.15, 0.2) is 78.9 Å². The number of carbonyl (C=O) groups excluding carboxylic acids is 4. The zero-order chi connectivity index (χ0) is 39.1. The fourth-order valence-electron chi connectivity index (χ4n) is 6.11. The van der Waals surface area contributed by atoms with Crippen molar-refractivity contribution in [1.29, 1.82) is 0 Å². The van der Waals surface area contributed by atoms with Gasteiger partial charge >= 0.3 is 12.2 Å². The number of piperidine rings is 1. The fraction of sp³-hybridized carbons (Fsp3) is 0.476. The Morgan fingerprint density at radius 3 is 2.11 bits per heavy atom. The largest absolute Gasteiger partial charge is 0.446 e. The zero-order valence-corrected chi connectivity index (χ0v) is 32.8. The van der Waals surface area contributed by atoms with Crippen LogP contribution in [0.2, 0.25) is 0 Å². The summed E-state index contributed by atoms with van der Waals surface area (Å²) in [6.07, 6.45) is 2.28. The molecule has 1 fully saturated rings. The Bertz CT molecular complexity index is 1650. The average Bonchev–Trinajstić information content (AvgIpc) is 3.15. The topological polar surface area (TPSA) is 124 Å². The van der Waals surface area contributed by atoms with E-state index in [9.17, 15) is 19.2 Å². The van der Waals surface area contributed by atoms with Crippen LogP contribution in [-0.4, -0.2) is 122 Å². The first-order valence-electron chi connectivity index (χ1n) is 18.9. The molecule has 54 heavy (non-hydrogen) atoms. The molecule has 0 radical (unpaired) electrons. The van der Waals surface area contributed by atoms with Crippen LogP contribution in [0.1, 0.15) is 63.2 Å². The number of para-hydroxylation sites is 1. The number of nitrogens with one attached hydrogen (secondary N) is 2. The summed E-state index contributed by atoms with van der Waals surface area (Å²) in [5.41, 5.74) is 3.61. The number of rotatable bonds is 16. The Hall–Kier alpha value is -5.10. The minimum atomic E-state index is -0.549. The monoisotopic (exact) mass is 742 g/mol. The van der Waals surface area contributed by atoms with Crippen molar-refractivity contribution < 1.29 is 28.7 Å². The van der Waals surface area contributed by atoms with Crippen molar-refractivity contribution in [3.8, 4) is 11.1 Å². The first-order valence-corrected chi connectivity index (χ1v) is 18.9. The summed E-state index contributed by atoms with van der Waals surface area (Å²) in [6.45, 7) is 10.1. The Morgan fingerprint density at radius 1 is 0.778 bits per heavy atom. The summed E-state index contributed by atoms with van der Waals surface area (Å²) >= 11 is 0. The standard InChI is InChI=1S/C42H58N6O6/c1-42(2,3)54-41(52)47(6)27-13-26-46(5)39(50)33-19-21-34(22-20-33)43-25-12-18-38(49)45(4)30-31-48-28-23-35(24-29-48)53-40(51)44-37-17-11-10-16-36(37)32-14-8-7-9-15-32/h7-11,14-17,19-22,35,43H,12-13,18,23-31H2,1-6H3,(H,44,51). The molecule has 3 aromatic carbocycles. The van der Waals surface area contributed by atoms with Gasteiger partial charge in [0.2, 0.25) is 5.91 Å². The quantitative estimate of drug-likeness (QED) is 0.150. The van der Waals surface area contributed by atoms with Crippen molar-refractivity contribution >= 4 is 35.4 Å². The molecular formula is C42H58N6O6. The second-order valence-electron chi connectivity index (χ2n) is 14.9. The molecule has 0 aliphatic carbocycles. The van der Waals surface area contributed by atoms with E-state index in [0.29, 0.717) is 51.0 Å². The minimum absolute atomic E-state index is 0.0862. The molecule has 0 aromatic heterocycles. The normalized spacial score (nSPS) is 13.4. The third-order valence-corrected chi connectivity index (χ3v) is 9.30. The highest BCUT2D eigenvalue weighted by Gasteiger charge is 2.24. The molecule has 2 N–H and O–H groups in total. The smallest absolute Gasteiger partial charge is 0.411 e. The molecular weight excluding hydrogens is 684 g/mol. The summed E-state index contributed by atoms with van der Waals surface area (Å²) in [6, 6.07) is 25.0. The third kappa shape index (κ3) is 13.7. The van der Waals surface area contributed by atoms with Crippen molar-refractivity contribution in [2.45, 2.75) is 64.6 Å². The SMILES string of the molecule is CN(CCN1CCC(OC(=O)Nc2ccccc2-c2ccccc2)CC1)C(=O)CCCNc1ccc(C(=O)N(C)CCCN(C)C(=O)OC(C)(C)C)cc1. The Morgan fingerprint density at radius 2 is 1.43 bits per heavy atom. The lowest BCUT2D eigenvalue weighted by Gasteiger charge is -2.32. The Kier molecular flexibility index (Phi) is 15.7. The Labute approximate surface area is 320 Å². The van der Waals surface area contributed by atoms with E-state index in [2.05, 4.69) is 15.5 Å². The molecule has 0 bridgehead atoms. The highest BCUT2D eigenvalue weighted by Crippen LogP contribution is 2.28. The molecule has 0 atom stereocenters. The summed E-state index contributed by atoms with van der Waals surface area (Å²) in [7, 11) is 5.29. The number of ether oxygens (including phenoxy) is 2. The van der Waals surface area contributed by atoms with Crippen LogP contribution in [0.3, 0.4) is 0 Å². The number of nitrogens with zero attached hydrogens (tertiary/aromatic N) is 4. The number of likely N-dealkylation sites (N-methyl/N-ethyl adjacent to an activating group) is 1. The molecule has 0 unspecified atom stereocenters. The van der Waals surface area contributed by atoms with Crippen LogP contribution < -0.4 is 10.6 Å². The summed E-state index contributed by atoms with van der Waals surface area (Å²) in [4.78, 5) is 57.9. The van der Waals surface area contributed by atoms with Gasteiger partial charge in [0, 0.05) is 90.2 Å². The highest BCUT2D eigenvalue weighted by molar-refractivity contribution is 5.94. The van der Waals surface area contributed by atoms with Gasteiger partial charge in [-0.15, -0.1) is 0 Å². The predicted molar refractivity (Wildman–Crippen MR) is 214 cm³/mol. The van der Waals surface area contributed by atoms with Crippen molar-refractivity contribution in [2.75, 3.05) is 77.6 Å². The maximum atomic E-state index is 12.9. The molecule has 3 aromatic rings. The average molecular weight is 743 g/mol. The van der Waals surface area contributed by atoms with E-state index in [4.69, 9.17) is 9.47 Å². The van der Waals surface area contributed by atoms with Gasteiger partial charge in [0.25, 0.3) is 5.91 Å². The number of hydrogen-bond acceptors (Lipinski definition) is 8. The predicted octanol–water partition coefficient (Wildman–Crippen LogP) is 7.05. The molecule has 0 saturated carbocycles. The van der Waals surface area contributed by atoms with Gasteiger partial charge in [-0.2, -0.15) is 0 Å². The molecule has 1 saturated heterocycles. The maximum Gasteiger partial charge on any atom is 0.411 e. The second kappa shape index (κ2) is 20.4. The molecule has 0 spiro atoms. The molecule has 1 heterocycles. The number of benzene rings is 3. The molecule has 292 valence electrons. The number of hydrogen-bond donors (Lipinski definition) is 2. The van der Waals surface area contributed by atoms with E-state index in [0.717, 1.165) is 55.0 Å². The van der Waals surface area contributed by atoms with Gasteiger partial charge in [0.05, 0.1) is 5.69 Å². The molecule has 12 nitrogen and oxygen atoms in total. The van der Waals surface area contributed by atoms with Crippen LogP contribution in [0.4, 0.5) is 21.0 Å². The number of amides is 4. The van der Waals surface area contributed by atoms with Gasteiger partial charge in [-0.3, -0.25) is 14.9 Å². The lowest BCUT2D eigenvalue weighted by molar-refractivity contribution is -0.130. The highest BCUT2D eigenvalue weighted by atomic mass is 16.6. The van der Waals surface area contributed by atoms with Crippen LogP contribution in [0.25, 0.3) is 11.1 Å². The molecule has 1 aliphatic rings. The first kappa shape index (κ1) is 41.7. The van der Waals surface area contributed by atoms with Crippen molar-refractivity contribution in [2.24, 2.45) is 0 Å². The summed E-state index contributed by atoms with van der Waals surface area (Å²) < 4.78 is 11.1. The van der Waals surface area contributed by atoms with Crippen LogP contribution in [0.5, 0.6) is 0 Å². The minimum Gasteiger partial charge on any atom is -0.446 e.